The molecule has 2 aliphatic carbocycles. The Labute approximate surface area is 84.6 Å². The van der Waals surface area contributed by atoms with Crippen molar-refractivity contribution in [3.8, 4) is 0 Å². The molecule has 2 heteroatoms. The summed E-state index contributed by atoms with van der Waals surface area (Å²) in [5.74, 6) is 0.662. The Hall–Kier alpha value is -0.860. The molecule has 0 aromatic heterocycles. The quantitative estimate of drug-likeness (QED) is 0.598. The van der Waals surface area contributed by atoms with Gasteiger partial charge in [0.25, 0.3) is 0 Å². The number of nitrogens with two attached hydrogens (primary N) is 1. The van der Waals surface area contributed by atoms with Crippen LogP contribution in [0.15, 0.2) is 34.9 Å². The summed E-state index contributed by atoms with van der Waals surface area (Å²) in [5, 5.41) is 3.46. The molecule has 0 radical (unpaired) electrons. The molecule has 0 aromatic rings. The maximum Gasteiger partial charge on any atom is 0.0265 e. The Balaban J connectivity index is 1.94. The molecule has 1 fully saturated rings. The van der Waals surface area contributed by atoms with Crippen LogP contribution in [0.3, 0.4) is 0 Å². The highest BCUT2D eigenvalue weighted by atomic mass is 14.9. The fourth-order valence-corrected chi connectivity index (χ4v) is 2.76. The summed E-state index contributed by atoms with van der Waals surface area (Å²) in [7, 11) is 0. The van der Waals surface area contributed by atoms with Crippen LogP contribution in [0.2, 0.25) is 0 Å². The lowest BCUT2D eigenvalue weighted by atomic mass is 9.85. The van der Waals surface area contributed by atoms with Gasteiger partial charge in [-0.2, -0.15) is 0 Å². The Bertz CT molecular complexity index is 349. The fourth-order valence-electron chi connectivity index (χ4n) is 2.76. The molecule has 0 spiro atoms. The zero-order valence-corrected chi connectivity index (χ0v) is 8.29. The molecule has 1 saturated heterocycles. The van der Waals surface area contributed by atoms with Crippen LogP contribution in [-0.4, -0.2) is 19.1 Å². The first-order valence-electron chi connectivity index (χ1n) is 5.42. The highest BCUT2D eigenvalue weighted by molar-refractivity contribution is 5.51. The van der Waals surface area contributed by atoms with E-state index in [1.165, 1.54) is 12.0 Å². The van der Waals surface area contributed by atoms with Crippen molar-refractivity contribution in [3.63, 3.8) is 0 Å². The van der Waals surface area contributed by atoms with Gasteiger partial charge in [0.2, 0.25) is 0 Å². The number of rotatable bonds is 0. The van der Waals surface area contributed by atoms with E-state index in [4.69, 9.17) is 5.73 Å². The second kappa shape index (κ2) is 3.07. The summed E-state index contributed by atoms with van der Waals surface area (Å²) < 4.78 is 0. The van der Waals surface area contributed by atoms with Crippen molar-refractivity contribution in [1.82, 2.24) is 5.32 Å². The molecule has 2 unspecified atom stereocenters. The number of nitrogens with one attached hydrogen (secondary N) is 1. The molecule has 3 aliphatic rings. The molecule has 0 amide bonds. The molecule has 1 aliphatic heterocycles. The summed E-state index contributed by atoms with van der Waals surface area (Å²) in [6, 6.07) is 0.239. The molecular formula is C12H16N2. The fraction of sp³-hybridized carbons (Fsp3) is 0.500. The largest absolute Gasteiger partial charge is 0.324 e. The zero-order valence-electron chi connectivity index (χ0n) is 8.29. The van der Waals surface area contributed by atoms with E-state index in [0.717, 1.165) is 19.5 Å². The van der Waals surface area contributed by atoms with Crippen molar-refractivity contribution in [2.75, 3.05) is 13.1 Å². The molecule has 0 bridgehead atoms. The van der Waals surface area contributed by atoms with Gasteiger partial charge >= 0.3 is 0 Å². The number of fused-ring (bicyclic) bond motifs is 2. The average Bonchev–Trinajstić information content (AvgIpc) is 2.56. The Morgan fingerprint density at radius 2 is 2.36 bits per heavy atom. The molecule has 14 heavy (non-hydrogen) atoms. The predicted molar refractivity (Wildman–Crippen MR) is 57.8 cm³/mol. The molecule has 3 N–H and O–H groups in total. The van der Waals surface area contributed by atoms with Crippen molar-refractivity contribution in [2.24, 2.45) is 11.7 Å². The van der Waals surface area contributed by atoms with Gasteiger partial charge in [0, 0.05) is 18.5 Å². The van der Waals surface area contributed by atoms with E-state index in [0.29, 0.717) is 5.92 Å². The summed E-state index contributed by atoms with van der Waals surface area (Å²) >= 11 is 0. The van der Waals surface area contributed by atoms with Crippen LogP contribution in [0.25, 0.3) is 0 Å². The first-order chi connectivity index (χ1) is 6.84. The van der Waals surface area contributed by atoms with Gasteiger partial charge in [-0.15, -0.1) is 0 Å². The van der Waals surface area contributed by atoms with Gasteiger partial charge in [-0.3, -0.25) is 0 Å². The van der Waals surface area contributed by atoms with Crippen LogP contribution in [0.1, 0.15) is 12.8 Å². The van der Waals surface area contributed by atoms with Gasteiger partial charge in [-0.1, -0.05) is 29.4 Å². The van der Waals surface area contributed by atoms with E-state index in [1.807, 2.05) is 0 Å². The van der Waals surface area contributed by atoms with Crippen molar-refractivity contribution in [2.45, 2.75) is 18.9 Å². The third-order valence-electron chi connectivity index (χ3n) is 3.50. The van der Waals surface area contributed by atoms with E-state index in [2.05, 4.69) is 23.5 Å². The number of piperidine rings is 1. The molecule has 0 saturated carbocycles. The second-order valence-corrected chi connectivity index (χ2v) is 4.43. The van der Waals surface area contributed by atoms with Crippen molar-refractivity contribution < 1.29 is 0 Å². The van der Waals surface area contributed by atoms with E-state index in [9.17, 15) is 0 Å². The van der Waals surface area contributed by atoms with E-state index >= 15 is 0 Å². The molecule has 0 aromatic carbocycles. The van der Waals surface area contributed by atoms with Gasteiger partial charge in [0.1, 0.15) is 0 Å². The molecule has 3 rings (SSSR count). The van der Waals surface area contributed by atoms with Crippen molar-refractivity contribution in [1.29, 1.82) is 0 Å². The molecule has 2 atom stereocenters. The minimum absolute atomic E-state index is 0.239. The molecular weight excluding hydrogens is 172 g/mol. The monoisotopic (exact) mass is 188 g/mol. The number of allylic oxidation sites excluding steroid dienone is 3. The van der Waals surface area contributed by atoms with Crippen LogP contribution in [0.4, 0.5) is 0 Å². The third-order valence-corrected chi connectivity index (χ3v) is 3.50. The first-order valence-corrected chi connectivity index (χ1v) is 5.42. The third kappa shape index (κ3) is 1.18. The van der Waals surface area contributed by atoms with Crippen LogP contribution >= 0.6 is 0 Å². The topological polar surface area (TPSA) is 38.0 Å². The number of hydrogen-bond donors (Lipinski definition) is 2. The SMILES string of the molecule is NC1C=CC2=C(C1)C1CNCCC1=C2. The molecule has 74 valence electrons. The lowest BCUT2D eigenvalue weighted by Gasteiger charge is -2.27. The standard InChI is InChI=1S/C12H16N2/c13-10-2-1-8-5-9-3-4-14-7-12(9)11(8)6-10/h1-2,5,10,12,14H,3-4,6-7,13H2. The van der Waals surface area contributed by atoms with Crippen LogP contribution in [-0.2, 0) is 0 Å². The van der Waals surface area contributed by atoms with Crippen molar-refractivity contribution >= 4 is 0 Å². The zero-order chi connectivity index (χ0) is 9.54. The predicted octanol–water partition coefficient (Wildman–Crippen LogP) is 1.12. The van der Waals surface area contributed by atoms with Gasteiger partial charge in [0.05, 0.1) is 0 Å². The summed E-state index contributed by atoms with van der Waals surface area (Å²) in [5.41, 5.74) is 10.6. The maximum absolute atomic E-state index is 5.95. The highest BCUT2D eigenvalue weighted by Gasteiger charge is 2.30. The Morgan fingerprint density at radius 3 is 3.29 bits per heavy atom. The minimum Gasteiger partial charge on any atom is -0.324 e. The second-order valence-electron chi connectivity index (χ2n) is 4.43. The van der Waals surface area contributed by atoms with Crippen LogP contribution < -0.4 is 11.1 Å². The van der Waals surface area contributed by atoms with Gasteiger partial charge < -0.3 is 11.1 Å². The highest BCUT2D eigenvalue weighted by Crippen LogP contribution is 2.39. The van der Waals surface area contributed by atoms with E-state index in [-0.39, 0.29) is 6.04 Å². The van der Waals surface area contributed by atoms with Gasteiger partial charge in [-0.25, -0.2) is 0 Å². The van der Waals surface area contributed by atoms with Crippen LogP contribution in [0, 0.1) is 5.92 Å². The van der Waals surface area contributed by atoms with Gasteiger partial charge in [0.15, 0.2) is 0 Å². The average molecular weight is 188 g/mol. The number of hydrogen-bond acceptors (Lipinski definition) is 2. The van der Waals surface area contributed by atoms with Gasteiger partial charge in [-0.05, 0) is 25.0 Å². The van der Waals surface area contributed by atoms with Crippen molar-refractivity contribution in [3.05, 3.63) is 34.9 Å². The summed E-state index contributed by atoms with van der Waals surface area (Å²) in [6.07, 6.45) is 8.97. The smallest absolute Gasteiger partial charge is 0.0265 e. The normalized spacial score (nSPS) is 35.4. The minimum atomic E-state index is 0.239. The Morgan fingerprint density at radius 1 is 1.43 bits per heavy atom. The summed E-state index contributed by atoms with van der Waals surface area (Å²) in [6.45, 7) is 2.25. The lowest BCUT2D eigenvalue weighted by Crippen LogP contribution is -2.33. The molecule has 2 nitrogen and oxygen atoms in total. The lowest BCUT2D eigenvalue weighted by molar-refractivity contribution is 0.509. The summed E-state index contributed by atoms with van der Waals surface area (Å²) in [4.78, 5) is 0. The van der Waals surface area contributed by atoms with E-state index < -0.39 is 0 Å². The van der Waals surface area contributed by atoms with Crippen LogP contribution in [0.5, 0.6) is 0 Å². The molecule has 1 heterocycles. The first kappa shape index (κ1) is 8.45. The Kier molecular flexibility index (Phi) is 1.85. The van der Waals surface area contributed by atoms with E-state index in [1.54, 1.807) is 11.1 Å². The maximum atomic E-state index is 5.95.